The number of carbonyl (C=O) groups excluding carboxylic acids is 1. The number of rotatable bonds is 6. The number of alkyl halides is 1. The standard InChI is InChI=1S/C23H23F3N6O2/c1-11-6-18(29-9-15(11)14-7-16(25)21(26)17(27)8-14)13(3)30-22-28-5-4-20(31-22)32-19(12(2)24)10-34-23(32)33/h4-9,12-13,19H,10,27H2,1-3H3,(H,28,30,31)/t12-,13-,19+/m0/s1. The Kier molecular flexibility index (Phi) is 6.27. The van der Waals surface area contributed by atoms with E-state index in [0.717, 1.165) is 11.6 Å². The quantitative estimate of drug-likeness (QED) is 0.507. The molecule has 1 aliphatic rings. The number of carbonyl (C=O) groups is 1. The van der Waals surface area contributed by atoms with Crippen LogP contribution in [0.2, 0.25) is 0 Å². The lowest BCUT2D eigenvalue weighted by Crippen LogP contribution is -2.39. The summed E-state index contributed by atoms with van der Waals surface area (Å²) < 4.78 is 46.2. The van der Waals surface area contributed by atoms with Gasteiger partial charge in [0.2, 0.25) is 5.95 Å². The summed E-state index contributed by atoms with van der Waals surface area (Å²) in [5.74, 6) is -1.68. The first-order valence-electron chi connectivity index (χ1n) is 10.6. The fourth-order valence-electron chi connectivity index (χ4n) is 3.74. The van der Waals surface area contributed by atoms with Crippen molar-refractivity contribution < 1.29 is 22.7 Å². The Morgan fingerprint density at radius 3 is 2.68 bits per heavy atom. The minimum absolute atomic E-state index is 0.0567. The average molecular weight is 472 g/mol. The van der Waals surface area contributed by atoms with E-state index in [2.05, 4.69) is 20.3 Å². The van der Waals surface area contributed by atoms with Crippen molar-refractivity contribution in [3.05, 3.63) is 59.6 Å². The van der Waals surface area contributed by atoms with Crippen molar-refractivity contribution >= 4 is 23.5 Å². The molecular weight excluding hydrogens is 449 g/mol. The highest BCUT2D eigenvalue weighted by molar-refractivity contribution is 5.89. The van der Waals surface area contributed by atoms with Crippen LogP contribution in [0.4, 0.5) is 35.4 Å². The number of amides is 1. The molecule has 0 aliphatic carbocycles. The SMILES string of the molecule is Cc1cc([C@H](C)Nc2nccc(N3C(=O)OC[C@@H]3[C@H](C)F)n2)ncc1-c1cc(N)c(F)c(F)c1. The molecule has 3 heterocycles. The van der Waals surface area contributed by atoms with Crippen LogP contribution in [0.1, 0.15) is 31.1 Å². The van der Waals surface area contributed by atoms with Crippen LogP contribution in [-0.4, -0.2) is 39.9 Å². The smallest absolute Gasteiger partial charge is 0.416 e. The topological polar surface area (TPSA) is 106 Å². The molecular formula is C23H23F3N6O2. The Morgan fingerprint density at radius 1 is 1.24 bits per heavy atom. The zero-order chi connectivity index (χ0) is 24.6. The molecule has 1 amide bonds. The molecule has 0 saturated carbocycles. The van der Waals surface area contributed by atoms with Crippen molar-refractivity contribution in [3.63, 3.8) is 0 Å². The van der Waals surface area contributed by atoms with E-state index in [1.807, 2.05) is 13.8 Å². The molecule has 8 nitrogen and oxygen atoms in total. The molecule has 1 aliphatic heterocycles. The van der Waals surface area contributed by atoms with E-state index in [9.17, 15) is 18.0 Å². The van der Waals surface area contributed by atoms with Crippen molar-refractivity contribution in [3.8, 4) is 11.1 Å². The lowest BCUT2D eigenvalue weighted by molar-refractivity contribution is 0.174. The second kappa shape index (κ2) is 9.16. The van der Waals surface area contributed by atoms with Gasteiger partial charge in [-0.25, -0.2) is 22.9 Å². The van der Waals surface area contributed by atoms with Gasteiger partial charge in [-0.3, -0.25) is 9.88 Å². The molecule has 1 saturated heterocycles. The van der Waals surface area contributed by atoms with Crippen LogP contribution in [-0.2, 0) is 4.74 Å². The Hall–Kier alpha value is -3.89. The van der Waals surface area contributed by atoms with Crippen LogP contribution in [0.15, 0.2) is 36.7 Å². The maximum atomic E-state index is 13.9. The molecule has 34 heavy (non-hydrogen) atoms. The van der Waals surface area contributed by atoms with E-state index in [-0.39, 0.29) is 30.1 Å². The number of cyclic esters (lactones) is 1. The third-order valence-corrected chi connectivity index (χ3v) is 5.61. The van der Waals surface area contributed by atoms with Gasteiger partial charge >= 0.3 is 6.09 Å². The maximum Gasteiger partial charge on any atom is 0.416 e. The van der Waals surface area contributed by atoms with Gasteiger partial charge in [0.1, 0.15) is 24.6 Å². The molecule has 0 radical (unpaired) electrons. The molecule has 0 bridgehead atoms. The van der Waals surface area contributed by atoms with Crippen LogP contribution in [0.5, 0.6) is 0 Å². The Balaban J connectivity index is 1.55. The predicted molar refractivity (Wildman–Crippen MR) is 121 cm³/mol. The second-order valence-corrected chi connectivity index (χ2v) is 8.08. The van der Waals surface area contributed by atoms with Crippen LogP contribution in [0.3, 0.4) is 0 Å². The maximum absolute atomic E-state index is 13.9. The van der Waals surface area contributed by atoms with Gasteiger partial charge in [0, 0.05) is 18.0 Å². The van der Waals surface area contributed by atoms with E-state index in [0.29, 0.717) is 16.8 Å². The summed E-state index contributed by atoms with van der Waals surface area (Å²) in [6.45, 7) is 4.95. The van der Waals surface area contributed by atoms with Crippen LogP contribution >= 0.6 is 0 Å². The minimum Gasteiger partial charge on any atom is -0.447 e. The van der Waals surface area contributed by atoms with Crippen LogP contribution in [0.25, 0.3) is 11.1 Å². The van der Waals surface area contributed by atoms with Gasteiger partial charge in [-0.1, -0.05) is 0 Å². The van der Waals surface area contributed by atoms with E-state index in [4.69, 9.17) is 10.5 Å². The number of ether oxygens (including phenoxy) is 1. The van der Waals surface area contributed by atoms with Crippen molar-refractivity contribution in [1.82, 2.24) is 15.0 Å². The molecule has 1 fully saturated rings. The van der Waals surface area contributed by atoms with Crippen molar-refractivity contribution in [1.29, 1.82) is 0 Å². The number of aromatic nitrogens is 3. The zero-order valence-electron chi connectivity index (χ0n) is 18.7. The number of nitrogens with zero attached hydrogens (tertiary/aromatic N) is 4. The van der Waals surface area contributed by atoms with Gasteiger partial charge in [0.15, 0.2) is 11.6 Å². The van der Waals surface area contributed by atoms with Crippen molar-refractivity contribution in [2.45, 2.75) is 39.0 Å². The van der Waals surface area contributed by atoms with Gasteiger partial charge in [-0.05, 0) is 56.2 Å². The lowest BCUT2D eigenvalue weighted by atomic mass is 10.0. The fourth-order valence-corrected chi connectivity index (χ4v) is 3.74. The first kappa shape index (κ1) is 23.3. The number of pyridine rings is 1. The molecule has 1 aromatic carbocycles. The Morgan fingerprint density at radius 2 is 2.00 bits per heavy atom. The Labute approximate surface area is 194 Å². The molecule has 3 N–H and O–H groups in total. The zero-order valence-corrected chi connectivity index (χ0v) is 18.7. The van der Waals surface area contributed by atoms with Gasteiger partial charge < -0.3 is 15.8 Å². The summed E-state index contributed by atoms with van der Waals surface area (Å²) in [5, 5.41) is 3.11. The highest BCUT2D eigenvalue weighted by atomic mass is 19.2. The first-order chi connectivity index (χ1) is 16.2. The third kappa shape index (κ3) is 4.45. The fraction of sp³-hybridized carbons (Fsp3) is 0.304. The van der Waals surface area contributed by atoms with E-state index >= 15 is 0 Å². The highest BCUT2D eigenvalue weighted by Crippen LogP contribution is 2.30. The van der Waals surface area contributed by atoms with E-state index in [1.165, 1.54) is 30.2 Å². The molecule has 2 aromatic heterocycles. The number of aryl methyl sites for hydroxylation is 1. The molecule has 11 heteroatoms. The number of anilines is 3. The number of nitrogens with two attached hydrogens (primary N) is 1. The average Bonchev–Trinajstić information content (AvgIpc) is 3.19. The summed E-state index contributed by atoms with van der Waals surface area (Å²) in [7, 11) is 0. The monoisotopic (exact) mass is 472 g/mol. The molecule has 0 unspecified atom stereocenters. The molecule has 0 spiro atoms. The van der Waals surface area contributed by atoms with Crippen molar-refractivity contribution in [2.75, 3.05) is 22.6 Å². The number of halogens is 3. The predicted octanol–water partition coefficient (Wildman–Crippen LogP) is 4.56. The first-order valence-corrected chi connectivity index (χ1v) is 10.6. The van der Waals surface area contributed by atoms with Gasteiger partial charge in [0.25, 0.3) is 0 Å². The summed E-state index contributed by atoms with van der Waals surface area (Å²) in [6.07, 6.45) is 1.04. The number of hydrogen-bond donors (Lipinski definition) is 2. The Bertz CT molecular complexity index is 1220. The molecule has 3 atom stereocenters. The molecule has 3 aromatic rings. The second-order valence-electron chi connectivity index (χ2n) is 8.08. The number of nitrogens with one attached hydrogen (secondary N) is 1. The third-order valence-electron chi connectivity index (χ3n) is 5.61. The van der Waals surface area contributed by atoms with Gasteiger partial charge in [0.05, 0.1) is 17.4 Å². The summed E-state index contributed by atoms with van der Waals surface area (Å²) in [4.78, 5) is 26.2. The van der Waals surface area contributed by atoms with Gasteiger partial charge in [-0.2, -0.15) is 4.98 Å². The lowest BCUT2D eigenvalue weighted by Gasteiger charge is -2.22. The minimum atomic E-state index is -1.30. The van der Waals surface area contributed by atoms with E-state index < -0.39 is 29.9 Å². The summed E-state index contributed by atoms with van der Waals surface area (Å²) >= 11 is 0. The van der Waals surface area contributed by atoms with E-state index in [1.54, 1.807) is 12.3 Å². The number of benzene rings is 1. The number of hydrogen-bond acceptors (Lipinski definition) is 7. The molecule has 4 rings (SSSR count). The van der Waals surface area contributed by atoms with Crippen LogP contribution in [0, 0.1) is 18.6 Å². The molecule has 178 valence electrons. The van der Waals surface area contributed by atoms with Crippen LogP contribution < -0.4 is 16.0 Å². The van der Waals surface area contributed by atoms with Gasteiger partial charge in [-0.15, -0.1) is 0 Å². The largest absolute Gasteiger partial charge is 0.447 e. The summed E-state index contributed by atoms with van der Waals surface area (Å²) in [5.41, 5.74) is 7.71. The highest BCUT2D eigenvalue weighted by Gasteiger charge is 2.39. The van der Waals surface area contributed by atoms with Crippen molar-refractivity contribution in [2.24, 2.45) is 0 Å². The summed E-state index contributed by atoms with van der Waals surface area (Å²) in [6, 6.07) is 4.62. The normalized spacial score (nSPS) is 17.4. The number of nitrogen functional groups attached to an aromatic ring is 1.